The van der Waals surface area contributed by atoms with Crippen molar-refractivity contribution in [2.24, 2.45) is 0 Å². The second-order valence-corrected chi connectivity index (χ2v) is 15.0. The molecular formula is C23H32Br2N4Pd. The maximum absolute atomic E-state index is 3.72. The molecule has 1 aromatic heterocycles. The minimum atomic E-state index is 0.575. The Balaban J connectivity index is 0.000000298. The van der Waals surface area contributed by atoms with Crippen LogP contribution in [0.15, 0.2) is 24.8 Å². The molecule has 1 atom stereocenters. The van der Waals surface area contributed by atoms with Crippen molar-refractivity contribution in [3.05, 3.63) is 64.8 Å². The molecule has 0 saturated carbocycles. The maximum atomic E-state index is 3.72. The fourth-order valence-corrected chi connectivity index (χ4v) is 4.16. The summed E-state index contributed by atoms with van der Waals surface area (Å²) in [5.41, 5.74) is 8.85. The standard InChI is InChI=1S/C19H28N2.C4H4N2.2BrH.Pd/c1-13-14(2)16(4)19(17(5)15(13)3)11-20-10-18-8-6-7-9-21(18)12-20;1-2-6-4-3-5-1;;;/h18H,6-11H2,1-5H3;1-4H;2*1H;/q;;;;+2/p-2. The summed E-state index contributed by atoms with van der Waals surface area (Å²) >= 11 is 6.80. The first-order chi connectivity index (χ1) is 14.4. The molecule has 2 aromatic rings. The maximum Gasteiger partial charge on any atom is 0.0451 e. The predicted molar refractivity (Wildman–Crippen MR) is 128 cm³/mol. The average Bonchev–Trinajstić information content (AvgIpc) is 3.19. The third-order valence-corrected chi connectivity index (χ3v) is 6.31. The van der Waals surface area contributed by atoms with Gasteiger partial charge in [-0.2, -0.15) is 0 Å². The van der Waals surface area contributed by atoms with Crippen molar-refractivity contribution in [1.29, 1.82) is 0 Å². The summed E-state index contributed by atoms with van der Waals surface area (Å²) < 4.78 is 0. The van der Waals surface area contributed by atoms with Gasteiger partial charge in [0.2, 0.25) is 0 Å². The van der Waals surface area contributed by atoms with Crippen LogP contribution in [0.2, 0.25) is 0 Å². The van der Waals surface area contributed by atoms with Crippen LogP contribution in [0, 0.1) is 41.3 Å². The molecule has 4 rings (SSSR count). The number of benzene rings is 1. The number of rotatable bonds is 2. The Morgan fingerprint density at radius 3 is 1.87 bits per heavy atom. The summed E-state index contributed by atoms with van der Waals surface area (Å²) in [4.78, 5) is 12.3. The van der Waals surface area contributed by atoms with Crippen LogP contribution in [0.3, 0.4) is 0 Å². The zero-order valence-electron chi connectivity index (χ0n) is 18.5. The van der Waals surface area contributed by atoms with E-state index < -0.39 is 0 Å². The Morgan fingerprint density at radius 2 is 1.40 bits per heavy atom. The Labute approximate surface area is 203 Å². The van der Waals surface area contributed by atoms with Crippen LogP contribution in [-0.2, 0) is 20.5 Å². The van der Waals surface area contributed by atoms with E-state index in [-0.39, 0.29) is 0 Å². The molecule has 0 bridgehead atoms. The minimum absolute atomic E-state index is 0.575. The number of fused-ring (bicyclic) bond motifs is 1. The molecule has 2 fully saturated rings. The number of hydrogen-bond acceptors (Lipinski definition) is 4. The van der Waals surface area contributed by atoms with Crippen molar-refractivity contribution in [1.82, 2.24) is 19.8 Å². The van der Waals surface area contributed by atoms with Crippen LogP contribution in [0.5, 0.6) is 0 Å². The van der Waals surface area contributed by atoms with Gasteiger partial charge in [0.15, 0.2) is 0 Å². The van der Waals surface area contributed by atoms with Gasteiger partial charge in [0.1, 0.15) is 6.67 Å². The smallest absolute Gasteiger partial charge is 0.0451 e. The second-order valence-electron chi connectivity index (χ2n) is 7.87. The van der Waals surface area contributed by atoms with Crippen molar-refractivity contribution in [2.45, 2.75) is 66.5 Å². The number of piperidine rings is 1. The molecule has 2 aliphatic heterocycles. The molecule has 3 heterocycles. The quantitative estimate of drug-likeness (QED) is 0.378. The first kappa shape index (κ1) is 26.1. The summed E-state index contributed by atoms with van der Waals surface area (Å²) in [5, 5.41) is 0. The van der Waals surface area contributed by atoms with E-state index in [9.17, 15) is 0 Å². The first-order valence-electron chi connectivity index (χ1n) is 10.3. The molecular weight excluding hydrogens is 599 g/mol. The van der Waals surface area contributed by atoms with Gasteiger partial charge in [-0.3, -0.25) is 19.8 Å². The van der Waals surface area contributed by atoms with E-state index in [0.717, 1.165) is 13.1 Å². The molecule has 168 valence electrons. The van der Waals surface area contributed by atoms with E-state index in [1.54, 1.807) is 24.8 Å². The summed E-state index contributed by atoms with van der Waals surface area (Å²) in [7, 11) is 0. The van der Waals surface area contributed by atoms with Gasteiger partial charge >= 0.3 is 40.8 Å². The molecule has 7 heteroatoms. The largest absolute Gasteiger partial charge is 0.262 e. The molecule has 0 spiro atoms. The van der Waals surface area contributed by atoms with E-state index in [1.807, 2.05) is 0 Å². The number of halogens is 2. The average molecular weight is 631 g/mol. The second kappa shape index (κ2) is 13.4. The number of aromatic nitrogens is 2. The van der Waals surface area contributed by atoms with Crippen LogP contribution in [-0.4, -0.2) is 38.9 Å². The summed E-state index contributed by atoms with van der Waals surface area (Å²) in [5.74, 6) is 0. The third-order valence-electron chi connectivity index (χ3n) is 6.31. The van der Waals surface area contributed by atoms with Crippen LogP contribution < -0.4 is 0 Å². The Hall–Kier alpha value is -0.158. The van der Waals surface area contributed by atoms with E-state index >= 15 is 0 Å². The van der Waals surface area contributed by atoms with Gasteiger partial charge in [0.25, 0.3) is 0 Å². The fourth-order valence-electron chi connectivity index (χ4n) is 4.16. The van der Waals surface area contributed by atoms with E-state index in [2.05, 4.69) is 87.9 Å². The van der Waals surface area contributed by atoms with Crippen molar-refractivity contribution in [3.63, 3.8) is 0 Å². The van der Waals surface area contributed by atoms with E-state index in [0.29, 0.717) is 20.0 Å². The number of hydrogen-bond donors (Lipinski definition) is 0. The van der Waals surface area contributed by atoms with Gasteiger partial charge < -0.3 is 0 Å². The van der Waals surface area contributed by atoms with Crippen LogP contribution >= 0.6 is 26.9 Å². The van der Waals surface area contributed by atoms with Crippen LogP contribution in [0.25, 0.3) is 0 Å². The molecule has 30 heavy (non-hydrogen) atoms. The normalized spacial score (nSPS) is 18.8. The summed E-state index contributed by atoms with van der Waals surface area (Å²) in [6, 6.07) is 0.715. The molecule has 1 aromatic carbocycles. The fraction of sp³-hybridized carbons (Fsp3) is 0.522. The monoisotopic (exact) mass is 628 g/mol. The van der Waals surface area contributed by atoms with Gasteiger partial charge in [-0.1, -0.05) is 6.42 Å². The van der Waals surface area contributed by atoms with Gasteiger partial charge in [0.05, 0.1) is 0 Å². The summed E-state index contributed by atoms with van der Waals surface area (Å²) in [6.45, 7) is 18.3. The van der Waals surface area contributed by atoms with E-state index in [1.165, 1.54) is 59.2 Å². The van der Waals surface area contributed by atoms with Crippen LogP contribution in [0.1, 0.15) is 52.6 Å². The van der Waals surface area contributed by atoms with Gasteiger partial charge in [0, 0.05) is 50.5 Å². The van der Waals surface area contributed by atoms with Crippen molar-refractivity contribution in [3.8, 4) is 0 Å². The topological polar surface area (TPSA) is 32.3 Å². The van der Waals surface area contributed by atoms with Crippen LogP contribution in [0.4, 0.5) is 0 Å². The minimum Gasteiger partial charge on any atom is -0.262 e. The van der Waals surface area contributed by atoms with Gasteiger partial charge in [-0.05, 0) is 80.8 Å². The van der Waals surface area contributed by atoms with Crippen molar-refractivity contribution < 1.29 is 13.9 Å². The Kier molecular flexibility index (Phi) is 11.7. The Morgan fingerprint density at radius 1 is 0.900 bits per heavy atom. The molecule has 4 nitrogen and oxygen atoms in total. The molecule has 2 radical (unpaired) electrons. The molecule has 2 aliphatic rings. The first-order valence-corrected chi connectivity index (χ1v) is 17.4. The summed E-state index contributed by atoms with van der Waals surface area (Å²) in [6.07, 6.45) is 10.6. The van der Waals surface area contributed by atoms with Crippen molar-refractivity contribution in [2.75, 3.05) is 13.1 Å². The molecule has 0 N–H and O–H groups in total. The SMILES string of the molecule is Cc1c(C)c(C)c(CN2[C]N3CCCCC3C2)c(C)c1C.[Br][Pd][Br].c1cnccn1. The number of nitrogens with zero attached hydrogens (tertiary/aromatic N) is 4. The van der Waals surface area contributed by atoms with Gasteiger partial charge in [-0.25, -0.2) is 0 Å². The zero-order valence-corrected chi connectivity index (χ0v) is 23.2. The zero-order chi connectivity index (χ0) is 22.1. The third kappa shape index (κ3) is 7.18. The van der Waals surface area contributed by atoms with Gasteiger partial charge in [-0.15, -0.1) is 0 Å². The molecule has 2 saturated heterocycles. The molecule has 0 aliphatic carbocycles. The van der Waals surface area contributed by atoms with Crippen molar-refractivity contribution >= 4 is 26.9 Å². The Bertz CT molecular complexity index is 719. The predicted octanol–water partition coefficient (Wildman–Crippen LogP) is 6.06. The van der Waals surface area contributed by atoms with E-state index in [4.69, 9.17) is 0 Å². The molecule has 0 amide bonds. The molecule has 1 unspecified atom stereocenters.